The lowest BCUT2D eigenvalue weighted by atomic mass is 10.1. The minimum atomic E-state index is -1.04. The van der Waals surface area contributed by atoms with Crippen LogP contribution in [0.1, 0.15) is 11.1 Å². The number of anilines is 2. The minimum absolute atomic E-state index is 0.262. The van der Waals surface area contributed by atoms with Crippen LogP contribution in [0, 0.1) is 25.5 Å². The van der Waals surface area contributed by atoms with Crippen molar-refractivity contribution in [1.29, 1.82) is 0 Å². The Hall–Kier alpha value is -2.76. The van der Waals surface area contributed by atoms with Crippen LogP contribution in [0.15, 0.2) is 36.4 Å². The summed E-state index contributed by atoms with van der Waals surface area (Å²) in [7, 11) is 0. The molecule has 114 valence electrons. The molecule has 0 saturated carbocycles. The van der Waals surface area contributed by atoms with E-state index >= 15 is 0 Å². The normalized spacial score (nSPS) is 10.2. The lowest BCUT2D eigenvalue weighted by Gasteiger charge is -2.08. The average molecular weight is 304 g/mol. The molecule has 0 heterocycles. The van der Waals surface area contributed by atoms with Gasteiger partial charge in [0.05, 0.1) is 5.69 Å². The second-order valence-electron chi connectivity index (χ2n) is 4.91. The van der Waals surface area contributed by atoms with Gasteiger partial charge < -0.3 is 10.6 Å². The molecular weight excluding hydrogens is 290 g/mol. The maximum atomic E-state index is 13.4. The second kappa shape index (κ2) is 6.34. The van der Waals surface area contributed by atoms with E-state index in [1.807, 2.05) is 19.9 Å². The zero-order valence-electron chi connectivity index (χ0n) is 12.0. The second-order valence-corrected chi connectivity index (χ2v) is 4.91. The van der Waals surface area contributed by atoms with Gasteiger partial charge in [-0.05, 0) is 49.2 Å². The zero-order valence-corrected chi connectivity index (χ0v) is 12.0. The predicted molar refractivity (Wildman–Crippen MR) is 79.5 cm³/mol. The first-order valence-corrected chi connectivity index (χ1v) is 6.51. The van der Waals surface area contributed by atoms with Crippen LogP contribution < -0.4 is 10.6 Å². The first-order valence-electron chi connectivity index (χ1n) is 6.51. The Morgan fingerprint density at radius 3 is 2.05 bits per heavy atom. The van der Waals surface area contributed by atoms with E-state index in [-0.39, 0.29) is 5.69 Å². The first-order chi connectivity index (χ1) is 10.3. The van der Waals surface area contributed by atoms with Gasteiger partial charge in [0.2, 0.25) is 0 Å². The van der Waals surface area contributed by atoms with Gasteiger partial charge in [0, 0.05) is 11.8 Å². The molecule has 0 unspecified atom stereocenters. The van der Waals surface area contributed by atoms with Gasteiger partial charge >= 0.3 is 11.8 Å². The number of hydrogen-bond donors (Lipinski definition) is 2. The van der Waals surface area contributed by atoms with Crippen LogP contribution >= 0.6 is 0 Å². The van der Waals surface area contributed by atoms with Crippen LogP contribution in [0.4, 0.5) is 20.2 Å². The molecule has 2 aromatic carbocycles. The highest BCUT2D eigenvalue weighted by atomic mass is 19.1. The third kappa shape index (κ3) is 3.88. The first kappa shape index (κ1) is 15.6. The number of nitrogens with one attached hydrogen (secondary N) is 2. The molecule has 0 atom stereocenters. The van der Waals surface area contributed by atoms with Crippen molar-refractivity contribution in [3.63, 3.8) is 0 Å². The van der Waals surface area contributed by atoms with Gasteiger partial charge in [0.1, 0.15) is 11.6 Å². The summed E-state index contributed by atoms with van der Waals surface area (Å²) in [6.07, 6.45) is 0. The molecule has 0 spiro atoms. The third-order valence-electron chi connectivity index (χ3n) is 2.87. The molecule has 0 aliphatic heterocycles. The van der Waals surface area contributed by atoms with Crippen LogP contribution in [-0.2, 0) is 9.59 Å². The lowest BCUT2D eigenvalue weighted by Crippen LogP contribution is -2.29. The number of amides is 2. The molecule has 0 aliphatic rings. The van der Waals surface area contributed by atoms with E-state index in [0.29, 0.717) is 11.8 Å². The van der Waals surface area contributed by atoms with Gasteiger partial charge in [0.15, 0.2) is 0 Å². The molecule has 0 aromatic heterocycles. The molecule has 0 fully saturated rings. The lowest BCUT2D eigenvalue weighted by molar-refractivity contribution is -0.133. The molecule has 0 saturated heterocycles. The molecule has 0 aliphatic carbocycles. The van der Waals surface area contributed by atoms with Crippen LogP contribution in [0.3, 0.4) is 0 Å². The Morgan fingerprint density at radius 2 is 1.45 bits per heavy atom. The van der Waals surface area contributed by atoms with Gasteiger partial charge in [-0.15, -0.1) is 0 Å². The summed E-state index contributed by atoms with van der Waals surface area (Å²) in [4.78, 5) is 23.5. The Morgan fingerprint density at radius 1 is 0.864 bits per heavy atom. The SMILES string of the molecule is Cc1cc(C)cc(NC(=O)C(=O)Nc2ccc(F)cc2F)c1. The molecule has 2 amide bonds. The zero-order chi connectivity index (χ0) is 16.3. The summed E-state index contributed by atoms with van der Waals surface area (Å²) >= 11 is 0. The predicted octanol–water partition coefficient (Wildman–Crippen LogP) is 3.16. The summed E-state index contributed by atoms with van der Waals surface area (Å²) in [5.74, 6) is -3.69. The van der Waals surface area contributed by atoms with Gasteiger partial charge in [-0.2, -0.15) is 0 Å². The third-order valence-corrected chi connectivity index (χ3v) is 2.87. The van der Waals surface area contributed by atoms with Crippen molar-refractivity contribution in [3.05, 3.63) is 59.2 Å². The van der Waals surface area contributed by atoms with Gasteiger partial charge in [-0.3, -0.25) is 9.59 Å². The number of rotatable bonds is 2. The van der Waals surface area contributed by atoms with E-state index in [2.05, 4.69) is 10.6 Å². The number of hydrogen-bond acceptors (Lipinski definition) is 2. The number of aryl methyl sites for hydroxylation is 2. The van der Waals surface area contributed by atoms with Gasteiger partial charge in [0.25, 0.3) is 0 Å². The Balaban J connectivity index is 2.07. The van der Waals surface area contributed by atoms with Crippen LogP contribution in [0.2, 0.25) is 0 Å². The van der Waals surface area contributed by atoms with Crippen LogP contribution in [0.5, 0.6) is 0 Å². The molecule has 0 radical (unpaired) electrons. The van der Waals surface area contributed by atoms with Gasteiger partial charge in [-0.25, -0.2) is 8.78 Å². The van der Waals surface area contributed by atoms with Gasteiger partial charge in [-0.1, -0.05) is 6.07 Å². The smallest absolute Gasteiger partial charge is 0.314 e. The number of carbonyl (C=O) groups is 2. The molecule has 2 aromatic rings. The highest BCUT2D eigenvalue weighted by Crippen LogP contribution is 2.16. The maximum absolute atomic E-state index is 13.4. The van der Waals surface area contributed by atoms with Crippen molar-refractivity contribution in [2.75, 3.05) is 10.6 Å². The summed E-state index contributed by atoms with van der Waals surface area (Å²) in [6, 6.07) is 7.99. The fraction of sp³-hybridized carbons (Fsp3) is 0.125. The molecule has 4 nitrogen and oxygen atoms in total. The van der Waals surface area contributed by atoms with Crippen LogP contribution in [0.25, 0.3) is 0 Å². The summed E-state index contributed by atoms with van der Waals surface area (Å²) in [5, 5.41) is 4.52. The van der Waals surface area contributed by atoms with Crippen molar-refractivity contribution in [1.82, 2.24) is 0 Å². The summed E-state index contributed by atoms with van der Waals surface area (Å²) in [5.41, 5.74) is 2.07. The van der Waals surface area contributed by atoms with Crippen LogP contribution in [-0.4, -0.2) is 11.8 Å². The van der Waals surface area contributed by atoms with E-state index in [1.54, 1.807) is 12.1 Å². The molecule has 0 bridgehead atoms. The molecule has 2 rings (SSSR count). The molecular formula is C16H14F2N2O2. The van der Waals surface area contributed by atoms with E-state index in [4.69, 9.17) is 0 Å². The maximum Gasteiger partial charge on any atom is 0.314 e. The van der Waals surface area contributed by atoms with Crippen molar-refractivity contribution in [2.24, 2.45) is 0 Å². The minimum Gasteiger partial charge on any atom is -0.318 e. The number of benzene rings is 2. The highest BCUT2D eigenvalue weighted by molar-refractivity contribution is 6.43. The Kier molecular flexibility index (Phi) is 4.50. The quantitative estimate of drug-likeness (QED) is 0.837. The fourth-order valence-electron chi connectivity index (χ4n) is 2.00. The molecule has 2 N–H and O–H groups in total. The summed E-state index contributed by atoms with van der Waals surface area (Å²) < 4.78 is 26.2. The molecule has 6 heteroatoms. The fourth-order valence-corrected chi connectivity index (χ4v) is 2.00. The van der Waals surface area contributed by atoms with Crippen molar-refractivity contribution >= 4 is 23.2 Å². The number of halogens is 2. The topological polar surface area (TPSA) is 58.2 Å². The highest BCUT2D eigenvalue weighted by Gasteiger charge is 2.16. The van der Waals surface area contributed by atoms with E-state index in [0.717, 1.165) is 23.3 Å². The molecule has 22 heavy (non-hydrogen) atoms. The monoisotopic (exact) mass is 304 g/mol. The van der Waals surface area contributed by atoms with Crippen molar-refractivity contribution < 1.29 is 18.4 Å². The van der Waals surface area contributed by atoms with E-state index in [1.165, 1.54) is 0 Å². The Bertz CT molecular complexity index is 725. The van der Waals surface area contributed by atoms with E-state index in [9.17, 15) is 18.4 Å². The summed E-state index contributed by atoms with van der Waals surface area (Å²) in [6.45, 7) is 3.72. The average Bonchev–Trinajstić information content (AvgIpc) is 2.40. The van der Waals surface area contributed by atoms with Crippen molar-refractivity contribution in [3.8, 4) is 0 Å². The largest absolute Gasteiger partial charge is 0.318 e. The standard InChI is InChI=1S/C16H14F2N2O2/c1-9-5-10(2)7-12(6-9)19-15(21)16(22)20-14-4-3-11(17)8-13(14)18/h3-8H,1-2H3,(H,19,21)(H,20,22). The van der Waals surface area contributed by atoms with E-state index < -0.39 is 23.4 Å². The van der Waals surface area contributed by atoms with Crippen molar-refractivity contribution in [2.45, 2.75) is 13.8 Å². The Labute approximate surface area is 126 Å². The number of carbonyl (C=O) groups excluding carboxylic acids is 2.